The van der Waals surface area contributed by atoms with Gasteiger partial charge in [-0.25, -0.2) is 0 Å². The molecule has 2 N–H and O–H groups in total. The van der Waals surface area contributed by atoms with Crippen molar-refractivity contribution in [1.29, 1.82) is 0 Å². The minimum absolute atomic E-state index is 0.0517. The molecular formula is C24H28N2O3S. The van der Waals surface area contributed by atoms with Gasteiger partial charge in [-0.05, 0) is 49.8 Å². The van der Waals surface area contributed by atoms with E-state index >= 15 is 0 Å². The van der Waals surface area contributed by atoms with Crippen LogP contribution in [0.25, 0.3) is 6.08 Å². The highest BCUT2D eigenvalue weighted by Gasteiger charge is 2.45. The zero-order valence-corrected chi connectivity index (χ0v) is 17.9. The van der Waals surface area contributed by atoms with Gasteiger partial charge in [-0.15, -0.1) is 0 Å². The number of unbranched alkanes of at least 4 members (excludes halogenated alkanes) is 1. The lowest BCUT2D eigenvalue weighted by Crippen LogP contribution is -2.46. The molecule has 0 bridgehead atoms. The molecule has 0 amide bonds. The number of thiocarbonyl (C=S) groups is 1. The van der Waals surface area contributed by atoms with Gasteiger partial charge in [0.2, 0.25) is 0 Å². The van der Waals surface area contributed by atoms with E-state index in [1.807, 2.05) is 0 Å². The van der Waals surface area contributed by atoms with Crippen LogP contribution in [0.5, 0.6) is 0 Å². The van der Waals surface area contributed by atoms with Crippen molar-refractivity contribution in [1.82, 2.24) is 10.6 Å². The topological polar surface area (TPSA) is 75.3 Å². The van der Waals surface area contributed by atoms with E-state index in [4.69, 9.17) is 12.2 Å². The maximum atomic E-state index is 13.0. The van der Waals surface area contributed by atoms with E-state index in [-0.39, 0.29) is 17.5 Å². The van der Waals surface area contributed by atoms with Crippen LogP contribution in [-0.2, 0) is 20.8 Å². The van der Waals surface area contributed by atoms with Gasteiger partial charge in [0.05, 0.1) is 18.0 Å². The summed E-state index contributed by atoms with van der Waals surface area (Å²) < 4.78 is 0. The first-order valence-electron chi connectivity index (χ1n) is 10.9. The molecule has 2 aliphatic heterocycles. The SMILES string of the molecule is O=C[C@H]1NCCC1C(=O)[C@H]1NCC(=S)C1C(=O)CCCCC1=Cc2ccccc2C1. The van der Waals surface area contributed by atoms with Gasteiger partial charge >= 0.3 is 0 Å². The molecule has 158 valence electrons. The molecule has 2 heterocycles. The third-order valence-corrected chi connectivity index (χ3v) is 7.01. The fraction of sp³-hybridized carbons (Fsp3) is 0.500. The van der Waals surface area contributed by atoms with Crippen LogP contribution in [0.4, 0.5) is 0 Å². The van der Waals surface area contributed by atoms with Gasteiger partial charge in [0.1, 0.15) is 12.1 Å². The number of aldehydes is 1. The first-order valence-corrected chi connectivity index (χ1v) is 11.3. The van der Waals surface area contributed by atoms with Gasteiger partial charge in [-0.3, -0.25) is 9.59 Å². The van der Waals surface area contributed by atoms with Crippen molar-refractivity contribution in [2.45, 2.75) is 50.6 Å². The highest BCUT2D eigenvalue weighted by atomic mass is 32.1. The molecule has 0 saturated carbocycles. The van der Waals surface area contributed by atoms with Crippen LogP contribution in [0.15, 0.2) is 29.8 Å². The second-order valence-corrected chi connectivity index (χ2v) is 9.09. The maximum absolute atomic E-state index is 13.0. The van der Waals surface area contributed by atoms with Crippen molar-refractivity contribution < 1.29 is 14.4 Å². The summed E-state index contributed by atoms with van der Waals surface area (Å²) in [6.07, 6.45) is 7.89. The molecule has 4 rings (SSSR count). The van der Waals surface area contributed by atoms with Gasteiger partial charge < -0.3 is 15.4 Å². The number of benzene rings is 1. The molecule has 2 unspecified atom stereocenters. The van der Waals surface area contributed by atoms with Crippen LogP contribution in [0.3, 0.4) is 0 Å². The molecule has 2 saturated heterocycles. The first kappa shape index (κ1) is 21.2. The molecule has 0 spiro atoms. The molecule has 6 heteroatoms. The second kappa shape index (κ2) is 9.41. The highest BCUT2D eigenvalue weighted by Crippen LogP contribution is 2.29. The molecule has 3 aliphatic rings. The number of allylic oxidation sites excluding steroid dienone is 1. The van der Waals surface area contributed by atoms with E-state index in [0.717, 1.165) is 32.0 Å². The van der Waals surface area contributed by atoms with Gasteiger partial charge in [0, 0.05) is 23.7 Å². The summed E-state index contributed by atoms with van der Waals surface area (Å²) in [6, 6.07) is 7.42. The zero-order valence-electron chi connectivity index (χ0n) is 17.1. The van der Waals surface area contributed by atoms with Gasteiger partial charge in [0.15, 0.2) is 5.78 Å². The van der Waals surface area contributed by atoms with Crippen LogP contribution >= 0.6 is 12.2 Å². The predicted molar refractivity (Wildman–Crippen MR) is 120 cm³/mol. The number of rotatable bonds is 9. The lowest BCUT2D eigenvalue weighted by molar-refractivity contribution is -0.130. The number of ketones is 2. The lowest BCUT2D eigenvalue weighted by Gasteiger charge is -2.22. The van der Waals surface area contributed by atoms with Gasteiger partial charge in [-0.2, -0.15) is 0 Å². The Morgan fingerprint density at radius 2 is 2.00 bits per heavy atom. The Hall–Kier alpha value is -2.02. The largest absolute Gasteiger partial charge is 0.307 e. The summed E-state index contributed by atoms with van der Waals surface area (Å²) in [5.74, 6) is -0.896. The smallest absolute Gasteiger partial charge is 0.155 e. The van der Waals surface area contributed by atoms with E-state index in [9.17, 15) is 14.4 Å². The zero-order chi connectivity index (χ0) is 21.1. The fourth-order valence-corrected chi connectivity index (χ4v) is 5.34. The molecule has 0 radical (unpaired) electrons. The van der Waals surface area contributed by atoms with Gasteiger partial charge in [0.25, 0.3) is 0 Å². The summed E-state index contributed by atoms with van der Waals surface area (Å²) in [7, 11) is 0. The van der Waals surface area contributed by atoms with E-state index in [1.54, 1.807) is 0 Å². The minimum Gasteiger partial charge on any atom is -0.307 e. The third-order valence-electron chi connectivity index (χ3n) is 6.61. The van der Waals surface area contributed by atoms with Crippen molar-refractivity contribution in [3.05, 3.63) is 41.0 Å². The lowest BCUT2D eigenvalue weighted by atomic mass is 9.83. The molecule has 5 nitrogen and oxygen atoms in total. The average molecular weight is 425 g/mol. The Morgan fingerprint density at radius 3 is 2.80 bits per heavy atom. The number of Topliss-reactive ketones (excluding diaryl/α,β-unsaturated/α-hetero) is 2. The highest BCUT2D eigenvalue weighted by molar-refractivity contribution is 7.80. The number of hydrogen-bond acceptors (Lipinski definition) is 6. The van der Waals surface area contributed by atoms with Crippen molar-refractivity contribution in [3.8, 4) is 0 Å². The summed E-state index contributed by atoms with van der Waals surface area (Å²) in [5.41, 5.74) is 4.10. The monoisotopic (exact) mass is 424 g/mol. The molecule has 4 atom stereocenters. The van der Waals surface area contributed by atoms with E-state index in [1.165, 1.54) is 16.7 Å². The fourth-order valence-electron chi connectivity index (χ4n) is 4.99. The van der Waals surface area contributed by atoms with E-state index < -0.39 is 18.0 Å². The molecule has 1 aromatic carbocycles. The Bertz CT molecular complexity index is 894. The first-order chi connectivity index (χ1) is 14.6. The molecule has 0 aromatic heterocycles. The molecular weight excluding hydrogens is 396 g/mol. The standard InChI is InChI=1S/C24H28N2O3S/c27-14-19-18(9-10-25-19)24(29)23-22(21(30)13-26-23)20(28)8-4-1-5-15-11-16-6-2-3-7-17(16)12-15/h2-3,6-7,11,14,18-19,22-23,25-26H,1,4-5,8-10,12-13H2/t18?,19-,22?,23+/m1/s1. The minimum atomic E-state index is -0.579. The third kappa shape index (κ3) is 4.36. The summed E-state index contributed by atoms with van der Waals surface area (Å²) >= 11 is 5.42. The van der Waals surface area contributed by atoms with Crippen LogP contribution in [0, 0.1) is 11.8 Å². The van der Waals surface area contributed by atoms with Crippen LogP contribution in [0.2, 0.25) is 0 Å². The van der Waals surface area contributed by atoms with Crippen molar-refractivity contribution >= 4 is 41.0 Å². The molecule has 1 aliphatic carbocycles. The Labute approximate surface area is 182 Å². The quantitative estimate of drug-likeness (QED) is 0.360. The summed E-state index contributed by atoms with van der Waals surface area (Å²) in [5, 5.41) is 6.19. The molecule has 2 fully saturated rings. The van der Waals surface area contributed by atoms with Gasteiger partial charge in [-0.1, -0.05) is 48.1 Å². The number of nitrogens with one attached hydrogen (secondary N) is 2. The number of fused-ring (bicyclic) bond motifs is 1. The second-order valence-electron chi connectivity index (χ2n) is 8.57. The van der Waals surface area contributed by atoms with E-state index in [2.05, 4.69) is 41.0 Å². The molecule has 1 aromatic rings. The maximum Gasteiger partial charge on any atom is 0.155 e. The van der Waals surface area contributed by atoms with Crippen LogP contribution in [-0.4, -0.2) is 47.9 Å². The molecule has 30 heavy (non-hydrogen) atoms. The number of carbonyl (C=O) groups excluding carboxylic acids is 3. The summed E-state index contributed by atoms with van der Waals surface area (Å²) in [4.78, 5) is 37.8. The normalized spacial score (nSPS) is 27.7. The Kier molecular flexibility index (Phi) is 6.66. The number of hydrogen-bond donors (Lipinski definition) is 2. The average Bonchev–Trinajstić information content (AvgIpc) is 3.47. The summed E-state index contributed by atoms with van der Waals surface area (Å²) in [6.45, 7) is 1.06. The van der Waals surface area contributed by atoms with Crippen LogP contribution in [0.1, 0.15) is 43.2 Å². The Morgan fingerprint density at radius 1 is 1.17 bits per heavy atom. The van der Waals surface area contributed by atoms with E-state index in [0.29, 0.717) is 30.8 Å². The van der Waals surface area contributed by atoms with Crippen molar-refractivity contribution in [2.24, 2.45) is 11.8 Å². The Balaban J connectivity index is 1.28. The van der Waals surface area contributed by atoms with Crippen molar-refractivity contribution in [3.63, 3.8) is 0 Å². The van der Waals surface area contributed by atoms with Crippen LogP contribution < -0.4 is 10.6 Å². The number of carbonyl (C=O) groups is 3. The predicted octanol–water partition coefficient (Wildman–Crippen LogP) is 2.46. The van der Waals surface area contributed by atoms with Crippen molar-refractivity contribution in [2.75, 3.05) is 13.1 Å².